The van der Waals surface area contributed by atoms with Crippen molar-refractivity contribution in [3.05, 3.63) is 41.7 Å². The minimum absolute atomic E-state index is 0.0599. The number of rotatable bonds is 7. The zero-order valence-electron chi connectivity index (χ0n) is 13.9. The molecule has 0 bridgehead atoms. The van der Waals surface area contributed by atoms with Crippen LogP contribution in [0.3, 0.4) is 0 Å². The number of aryl methyl sites for hydroxylation is 1. The zero-order valence-corrected chi connectivity index (χ0v) is 13.9. The normalized spacial score (nSPS) is 12.2. The number of alkyl halides is 2. The van der Waals surface area contributed by atoms with E-state index in [1.807, 2.05) is 6.92 Å². The number of nitrogens with one attached hydrogen (secondary N) is 1. The molecule has 0 aliphatic carbocycles. The second kappa shape index (κ2) is 7.90. The van der Waals surface area contributed by atoms with Gasteiger partial charge >= 0.3 is 0 Å². The molecule has 0 saturated heterocycles. The third-order valence-electron chi connectivity index (χ3n) is 3.43. The van der Waals surface area contributed by atoms with Crippen LogP contribution < -0.4 is 10.1 Å². The van der Waals surface area contributed by atoms with Crippen molar-refractivity contribution in [2.45, 2.75) is 39.2 Å². The van der Waals surface area contributed by atoms with E-state index >= 15 is 0 Å². The third-order valence-corrected chi connectivity index (χ3v) is 3.43. The Balaban J connectivity index is 2.12. The van der Waals surface area contributed by atoms with E-state index in [2.05, 4.69) is 17.3 Å². The number of anilines is 1. The monoisotopic (exact) mass is 337 g/mol. The molecule has 24 heavy (non-hydrogen) atoms. The van der Waals surface area contributed by atoms with Crippen LogP contribution in [0.4, 0.5) is 14.5 Å². The van der Waals surface area contributed by atoms with E-state index in [9.17, 15) is 13.6 Å². The predicted octanol–water partition coefficient (Wildman–Crippen LogP) is 4.18. The first-order chi connectivity index (χ1) is 11.4. The number of carbonyl (C=O) groups is 1. The van der Waals surface area contributed by atoms with E-state index in [4.69, 9.17) is 4.74 Å². The average molecular weight is 337 g/mol. The topological polar surface area (TPSA) is 56.1 Å². The highest BCUT2D eigenvalue weighted by Crippen LogP contribution is 2.23. The Labute approximate surface area is 139 Å². The highest BCUT2D eigenvalue weighted by Gasteiger charge is 2.22. The van der Waals surface area contributed by atoms with Crippen LogP contribution in [-0.4, -0.2) is 21.8 Å². The van der Waals surface area contributed by atoms with E-state index in [1.165, 1.54) is 17.9 Å². The molecule has 1 amide bonds. The lowest BCUT2D eigenvalue weighted by atomic mass is 10.2. The van der Waals surface area contributed by atoms with Gasteiger partial charge in [-0.1, -0.05) is 19.4 Å². The fraction of sp³-hybridized carbons (Fsp3) is 0.412. The van der Waals surface area contributed by atoms with Crippen LogP contribution in [0.5, 0.6) is 5.75 Å². The number of aromatic nitrogens is 2. The van der Waals surface area contributed by atoms with Crippen LogP contribution in [0.25, 0.3) is 0 Å². The molecule has 0 radical (unpaired) electrons. The second-order valence-corrected chi connectivity index (χ2v) is 5.60. The summed E-state index contributed by atoms with van der Waals surface area (Å²) in [6.07, 6.45) is 0.459. The third kappa shape index (κ3) is 4.53. The number of hydrogen-bond acceptors (Lipinski definition) is 3. The molecule has 1 unspecified atom stereocenters. The Morgan fingerprint density at radius 2 is 2.17 bits per heavy atom. The molecule has 0 aliphatic rings. The molecule has 2 aromatic rings. The van der Waals surface area contributed by atoms with Crippen molar-refractivity contribution in [3.63, 3.8) is 0 Å². The molecule has 130 valence electrons. The minimum atomic E-state index is -2.81. The highest BCUT2D eigenvalue weighted by molar-refractivity contribution is 6.05. The smallest absolute Gasteiger partial charge is 0.282 e. The molecular formula is C17H21F2N3O2. The molecule has 1 aromatic carbocycles. The van der Waals surface area contributed by atoms with Gasteiger partial charge in [0.05, 0.1) is 11.7 Å². The first kappa shape index (κ1) is 17.9. The van der Waals surface area contributed by atoms with E-state index < -0.39 is 18.0 Å². The first-order valence-electron chi connectivity index (χ1n) is 7.80. The number of benzene rings is 1. The second-order valence-electron chi connectivity index (χ2n) is 5.60. The Kier molecular flexibility index (Phi) is 5.89. The van der Waals surface area contributed by atoms with Crippen molar-refractivity contribution in [1.82, 2.24) is 9.78 Å². The highest BCUT2D eigenvalue weighted by atomic mass is 19.3. The van der Waals surface area contributed by atoms with Gasteiger partial charge in [-0.25, -0.2) is 8.78 Å². The molecule has 1 heterocycles. The Hall–Kier alpha value is -2.44. The van der Waals surface area contributed by atoms with Gasteiger partial charge in [0.15, 0.2) is 0 Å². The molecule has 5 nitrogen and oxygen atoms in total. The maximum Gasteiger partial charge on any atom is 0.282 e. The quantitative estimate of drug-likeness (QED) is 0.825. The summed E-state index contributed by atoms with van der Waals surface area (Å²) < 4.78 is 32.8. The Bertz CT molecular complexity index is 701. The van der Waals surface area contributed by atoms with Crippen LogP contribution in [0.2, 0.25) is 0 Å². The number of carbonyl (C=O) groups excluding carboxylic acids is 1. The Morgan fingerprint density at radius 3 is 2.83 bits per heavy atom. The van der Waals surface area contributed by atoms with E-state index in [-0.39, 0.29) is 11.7 Å². The lowest BCUT2D eigenvalue weighted by Crippen LogP contribution is -2.14. The zero-order chi connectivity index (χ0) is 17.7. The number of ether oxygens (including phenoxy) is 1. The van der Waals surface area contributed by atoms with Crippen LogP contribution in [0.1, 0.15) is 49.2 Å². The van der Waals surface area contributed by atoms with Gasteiger partial charge < -0.3 is 10.1 Å². The van der Waals surface area contributed by atoms with E-state index in [1.54, 1.807) is 24.3 Å². The summed E-state index contributed by atoms with van der Waals surface area (Å²) in [4.78, 5) is 12.3. The molecule has 0 fully saturated rings. The van der Waals surface area contributed by atoms with Gasteiger partial charge in [0.2, 0.25) is 0 Å². The summed E-state index contributed by atoms with van der Waals surface area (Å²) >= 11 is 0. The summed E-state index contributed by atoms with van der Waals surface area (Å²) in [6, 6.07) is 6.87. The molecule has 1 N–H and O–H groups in total. The molecule has 0 spiro atoms. The fourth-order valence-electron chi connectivity index (χ4n) is 2.39. The predicted molar refractivity (Wildman–Crippen MR) is 87.6 cm³/mol. The maximum atomic E-state index is 12.9. The average Bonchev–Trinajstić information content (AvgIpc) is 2.90. The van der Waals surface area contributed by atoms with Crippen LogP contribution in [-0.2, 0) is 7.05 Å². The van der Waals surface area contributed by atoms with Gasteiger partial charge in [-0.15, -0.1) is 0 Å². The van der Waals surface area contributed by atoms with Gasteiger partial charge in [0.1, 0.15) is 11.4 Å². The number of hydrogen-bond donors (Lipinski definition) is 1. The van der Waals surface area contributed by atoms with Gasteiger partial charge in [-0.05, 0) is 25.5 Å². The van der Waals surface area contributed by atoms with Crippen molar-refractivity contribution in [2.24, 2.45) is 7.05 Å². The van der Waals surface area contributed by atoms with Crippen LogP contribution in [0.15, 0.2) is 30.5 Å². The minimum Gasteiger partial charge on any atom is -0.491 e. The molecule has 1 atom stereocenters. The molecule has 0 aliphatic heterocycles. The lowest BCUT2D eigenvalue weighted by Gasteiger charge is -2.14. The summed E-state index contributed by atoms with van der Waals surface area (Å²) in [7, 11) is 1.49. The van der Waals surface area contributed by atoms with Gasteiger partial charge in [0, 0.05) is 25.0 Å². The Morgan fingerprint density at radius 1 is 1.42 bits per heavy atom. The van der Waals surface area contributed by atoms with Gasteiger partial charge in [-0.2, -0.15) is 5.10 Å². The first-order valence-corrected chi connectivity index (χ1v) is 7.80. The number of nitrogens with zero attached hydrogens (tertiary/aromatic N) is 2. The molecule has 0 saturated carbocycles. The van der Waals surface area contributed by atoms with Crippen molar-refractivity contribution in [2.75, 3.05) is 5.32 Å². The summed E-state index contributed by atoms with van der Waals surface area (Å²) in [5, 5.41) is 6.24. The summed E-state index contributed by atoms with van der Waals surface area (Å²) in [5.41, 5.74) is -0.192. The SMILES string of the molecule is CCCC(C)Oc1cccc(NC(=O)c2cn(C)nc2C(F)F)c1. The van der Waals surface area contributed by atoms with Gasteiger partial charge in [-0.3, -0.25) is 9.48 Å². The lowest BCUT2D eigenvalue weighted by molar-refractivity contribution is 0.101. The van der Waals surface area contributed by atoms with E-state index in [0.29, 0.717) is 11.4 Å². The van der Waals surface area contributed by atoms with Crippen molar-refractivity contribution < 1.29 is 18.3 Å². The standard InChI is InChI=1S/C17H21F2N3O2/c1-4-6-11(2)24-13-8-5-7-12(9-13)20-17(23)14-10-22(3)21-15(14)16(18)19/h5,7-11,16H,4,6H2,1-3H3,(H,20,23). The molecular weight excluding hydrogens is 316 g/mol. The van der Waals surface area contributed by atoms with Gasteiger partial charge in [0.25, 0.3) is 12.3 Å². The van der Waals surface area contributed by atoms with E-state index in [0.717, 1.165) is 12.8 Å². The molecule has 1 aromatic heterocycles. The van der Waals surface area contributed by atoms with Crippen molar-refractivity contribution in [1.29, 1.82) is 0 Å². The number of amides is 1. The van der Waals surface area contributed by atoms with Crippen LogP contribution >= 0.6 is 0 Å². The van der Waals surface area contributed by atoms with Crippen molar-refractivity contribution in [3.8, 4) is 5.75 Å². The maximum absolute atomic E-state index is 12.9. The van der Waals surface area contributed by atoms with Crippen LogP contribution in [0, 0.1) is 0 Å². The molecule has 7 heteroatoms. The molecule has 2 rings (SSSR count). The van der Waals surface area contributed by atoms with Crippen molar-refractivity contribution >= 4 is 11.6 Å². The fourth-order valence-corrected chi connectivity index (χ4v) is 2.39. The summed E-state index contributed by atoms with van der Waals surface area (Å²) in [5.74, 6) is -0.00817. The summed E-state index contributed by atoms with van der Waals surface area (Å²) in [6.45, 7) is 4.05. The number of halogens is 2. The largest absolute Gasteiger partial charge is 0.491 e.